The molecule has 1 saturated carbocycles. The van der Waals surface area contributed by atoms with E-state index in [1.165, 1.54) is 38.5 Å². The Kier molecular flexibility index (Phi) is 18.8. The number of carbonyl (C=O) groups excluding carboxylic acids is 7. The molecule has 2 aromatic rings. The first-order chi connectivity index (χ1) is 28.8. The molecule has 20 nitrogen and oxygen atoms in total. The maximum atomic E-state index is 14.1. The second-order valence-electron chi connectivity index (χ2n) is 15.7. The molecule has 6 N–H and O–H groups in total. The molecule has 0 aliphatic heterocycles. The number of benzene rings is 1. The summed E-state index contributed by atoms with van der Waals surface area (Å²) in [4.78, 5) is 111. The molecule has 3 rings (SSSR count). The third-order valence-corrected chi connectivity index (χ3v) is 11.8. The average molecular weight is 872 g/mol. The summed E-state index contributed by atoms with van der Waals surface area (Å²) in [7, 11) is -4.59. The quantitative estimate of drug-likeness (QED) is 0.0561. The summed E-state index contributed by atoms with van der Waals surface area (Å²) in [5, 5.41) is 24.1. The van der Waals surface area contributed by atoms with E-state index >= 15 is 0 Å². The van der Waals surface area contributed by atoms with Crippen molar-refractivity contribution in [2.24, 2.45) is 17.8 Å². The van der Waals surface area contributed by atoms with Crippen LogP contribution < -0.4 is 31.3 Å². The highest BCUT2D eigenvalue weighted by molar-refractivity contribution is 7.90. The number of carbonyl (C=O) groups is 7. The van der Waals surface area contributed by atoms with Gasteiger partial charge in [0.2, 0.25) is 23.5 Å². The Balaban J connectivity index is 1.73. The van der Waals surface area contributed by atoms with E-state index in [1.54, 1.807) is 11.6 Å². The van der Waals surface area contributed by atoms with Crippen LogP contribution in [0.3, 0.4) is 0 Å². The third kappa shape index (κ3) is 15.0. The van der Waals surface area contributed by atoms with Crippen molar-refractivity contribution in [3.8, 4) is 0 Å². The Morgan fingerprint density at radius 3 is 2.10 bits per heavy atom. The molecule has 21 heteroatoms. The number of aromatic nitrogens is 2. The van der Waals surface area contributed by atoms with E-state index in [2.05, 4.69) is 31.2 Å². The van der Waals surface area contributed by atoms with Gasteiger partial charge < -0.3 is 26.6 Å². The largest absolute Gasteiger partial charge is 0.344 e. The maximum absolute atomic E-state index is 14.1. The highest BCUT2D eigenvalue weighted by Crippen LogP contribution is 2.28. The van der Waals surface area contributed by atoms with Gasteiger partial charge in [0, 0.05) is 24.0 Å². The van der Waals surface area contributed by atoms with Gasteiger partial charge in [-0.2, -0.15) is 0 Å². The van der Waals surface area contributed by atoms with Crippen molar-refractivity contribution < 1.29 is 46.9 Å². The van der Waals surface area contributed by atoms with E-state index in [4.69, 9.17) is 0 Å². The number of nitro groups is 1. The zero-order valence-electron chi connectivity index (χ0n) is 35.3. The van der Waals surface area contributed by atoms with Crippen molar-refractivity contribution >= 4 is 56.9 Å². The summed E-state index contributed by atoms with van der Waals surface area (Å²) < 4.78 is 27.1. The van der Waals surface area contributed by atoms with Gasteiger partial charge >= 0.3 is 0 Å². The van der Waals surface area contributed by atoms with Crippen LogP contribution in [0.5, 0.6) is 0 Å². The molecule has 334 valence electrons. The Bertz CT molecular complexity index is 2030. The van der Waals surface area contributed by atoms with Gasteiger partial charge in [-0.25, -0.2) is 18.1 Å². The summed E-state index contributed by atoms with van der Waals surface area (Å²) in [5.74, 6) is -6.77. The summed E-state index contributed by atoms with van der Waals surface area (Å²) in [6.45, 7) is 9.29. The molecule has 0 radical (unpaired) electrons. The molecule has 6 amide bonds. The van der Waals surface area contributed by atoms with Crippen LogP contribution >= 0.6 is 0 Å². The summed E-state index contributed by atoms with van der Waals surface area (Å²) >= 11 is 0. The number of nitrogens with zero attached hydrogens (tertiary/aromatic N) is 3. The molecule has 5 atom stereocenters. The van der Waals surface area contributed by atoms with Crippen LogP contribution in [0.25, 0.3) is 0 Å². The lowest BCUT2D eigenvalue weighted by molar-refractivity contribution is -0.385. The van der Waals surface area contributed by atoms with Crippen LogP contribution in [-0.2, 0) is 38.8 Å². The van der Waals surface area contributed by atoms with Crippen molar-refractivity contribution in [2.75, 3.05) is 6.54 Å². The molecule has 1 fully saturated rings. The number of nitro benzene ring substituents is 1. The SMILES string of the molecule is CCC(NC(=O)[C@H](CC1CCCCC1)NC(=O)[C@@H](NC(=O)[C@H](CC(C)C)NC(=O)c1cnccn1)[C@@H](C)CC)C(=O)C(=O)NCC(=O)NS(=O)(=O)c1ccc(C)c([N+](=O)[O-])c1. The van der Waals surface area contributed by atoms with Crippen LogP contribution in [-0.4, -0.2) is 95.2 Å². The Labute approximate surface area is 355 Å². The monoisotopic (exact) mass is 871 g/mol. The van der Waals surface area contributed by atoms with E-state index in [0.29, 0.717) is 6.42 Å². The Hall–Kier alpha value is -5.86. The van der Waals surface area contributed by atoms with E-state index in [9.17, 15) is 52.1 Å². The van der Waals surface area contributed by atoms with Gasteiger partial charge in [-0.3, -0.25) is 48.7 Å². The number of sulfonamides is 1. The fourth-order valence-corrected chi connectivity index (χ4v) is 7.79. The summed E-state index contributed by atoms with van der Waals surface area (Å²) in [5.41, 5.74) is -0.294. The Morgan fingerprint density at radius 1 is 0.852 bits per heavy atom. The molecule has 1 heterocycles. The maximum Gasteiger partial charge on any atom is 0.290 e. The van der Waals surface area contributed by atoms with Crippen LogP contribution in [0.15, 0.2) is 41.7 Å². The number of hydrogen-bond acceptors (Lipinski definition) is 13. The third-order valence-electron chi connectivity index (χ3n) is 10.5. The first kappa shape index (κ1) is 49.5. The van der Waals surface area contributed by atoms with Crippen LogP contribution in [0.2, 0.25) is 0 Å². The van der Waals surface area contributed by atoms with Crippen LogP contribution in [0.1, 0.15) is 108 Å². The minimum atomic E-state index is -4.59. The smallest absolute Gasteiger partial charge is 0.290 e. The van der Waals surface area contributed by atoms with Gasteiger partial charge in [0.05, 0.1) is 28.6 Å². The predicted molar refractivity (Wildman–Crippen MR) is 221 cm³/mol. The molecule has 1 unspecified atom stereocenters. The number of Topliss-reactive ketones (excluding diaryl/α,β-unsaturated/α-hetero) is 1. The molecule has 0 spiro atoms. The van der Waals surface area contributed by atoms with E-state index in [0.717, 1.165) is 44.2 Å². The molecular formula is C40H57N9O11S. The molecule has 1 aliphatic rings. The predicted octanol–water partition coefficient (Wildman–Crippen LogP) is 1.91. The topological polar surface area (TPSA) is 295 Å². The molecule has 0 saturated heterocycles. The minimum absolute atomic E-state index is 0.00430. The van der Waals surface area contributed by atoms with Gasteiger partial charge in [-0.15, -0.1) is 0 Å². The normalized spacial score (nSPS) is 15.5. The zero-order valence-corrected chi connectivity index (χ0v) is 36.1. The fraction of sp³-hybridized carbons (Fsp3) is 0.575. The standard InChI is InChI=1S/C40H57N9O11S/c1-7-24(5)34(47-37(53)29(18-23(3)4)45-38(54)31-21-41-16-17-42-31)39(55)46-30(19-26-12-10-9-11-13-26)36(52)44-28(8-2)35(51)40(56)43-22-33(50)48-61(59,60)27-15-14-25(6)32(20-27)49(57)58/h14-17,20-21,23-24,26,28-30,34H,7-13,18-19,22H2,1-6H3,(H,43,56)(H,44,52)(H,45,54)(H,46,55)(H,47,53)(H,48,50)/t24-,28?,29-,30-,34-/m0/s1. The first-order valence-electron chi connectivity index (χ1n) is 20.4. The van der Waals surface area contributed by atoms with Crippen LogP contribution in [0, 0.1) is 34.8 Å². The number of hydrogen-bond donors (Lipinski definition) is 6. The molecule has 1 aromatic carbocycles. The highest BCUT2D eigenvalue weighted by Gasteiger charge is 2.36. The van der Waals surface area contributed by atoms with Gasteiger partial charge in [-0.05, 0) is 50.0 Å². The molecule has 61 heavy (non-hydrogen) atoms. The molecule has 0 bridgehead atoms. The number of ketones is 1. The molecule has 1 aliphatic carbocycles. The molecule has 1 aromatic heterocycles. The lowest BCUT2D eigenvalue weighted by Crippen LogP contribution is -2.60. The Morgan fingerprint density at radius 2 is 1.51 bits per heavy atom. The highest BCUT2D eigenvalue weighted by atomic mass is 32.2. The molecular weight excluding hydrogens is 815 g/mol. The lowest BCUT2D eigenvalue weighted by atomic mass is 9.84. The van der Waals surface area contributed by atoms with Crippen LogP contribution in [0.4, 0.5) is 5.69 Å². The number of nitrogens with one attached hydrogen (secondary N) is 6. The van der Waals surface area contributed by atoms with Gasteiger partial charge in [0.15, 0.2) is 0 Å². The second-order valence-corrected chi connectivity index (χ2v) is 17.4. The van der Waals surface area contributed by atoms with Gasteiger partial charge in [0.25, 0.3) is 33.4 Å². The van der Waals surface area contributed by atoms with E-state index in [1.807, 2.05) is 26.1 Å². The van der Waals surface area contributed by atoms with Gasteiger partial charge in [-0.1, -0.05) is 79.2 Å². The van der Waals surface area contributed by atoms with Crippen molar-refractivity contribution in [3.05, 3.63) is 58.2 Å². The number of amides is 6. The first-order valence-corrected chi connectivity index (χ1v) is 21.9. The van der Waals surface area contributed by atoms with E-state index < -0.39 is 103 Å². The fourth-order valence-electron chi connectivity index (χ4n) is 6.79. The number of aryl methyl sites for hydroxylation is 1. The van der Waals surface area contributed by atoms with Crippen molar-refractivity contribution in [2.45, 2.75) is 128 Å². The zero-order chi connectivity index (χ0) is 45.4. The second kappa shape index (κ2) is 23.2. The van der Waals surface area contributed by atoms with Gasteiger partial charge in [0.1, 0.15) is 23.8 Å². The minimum Gasteiger partial charge on any atom is -0.344 e. The van der Waals surface area contributed by atoms with Crippen molar-refractivity contribution in [3.63, 3.8) is 0 Å². The summed E-state index contributed by atoms with van der Waals surface area (Å²) in [6, 6.07) is -1.72. The van der Waals surface area contributed by atoms with Crippen molar-refractivity contribution in [1.29, 1.82) is 0 Å². The number of rotatable bonds is 22. The average Bonchev–Trinajstić information content (AvgIpc) is 3.22. The van der Waals surface area contributed by atoms with E-state index in [-0.39, 0.29) is 42.4 Å². The van der Waals surface area contributed by atoms with Crippen molar-refractivity contribution in [1.82, 2.24) is 41.3 Å². The lowest BCUT2D eigenvalue weighted by Gasteiger charge is -2.31. The summed E-state index contributed by atoms with van der Waals surface area (Å²) in [6.07, 6.45) is 9.30.